The Labute approximate surface area is 128 Å². The first-order valence-electron chi connectivity index (χ1n) is 7.44. The summed E-state index contributed by atoms with van der Waals surface area (Å²) in [7, 11) is 0. The second kappa shape index (κ2) is 6.05. The van der Waals surface area contributed by atoms with Crippen LogP contribution < -0.4 is 10.9 Å². The monoisotopic (exact) mass is 298 g/mol. The van der Waals surface area contributed by atoms with E-state index in [9.17, 15) is 14.7 Å². The lowest BCUT2D eigenvalue weighted by Crippen LogP contribution is -2.24. The molecule has 114 valence electrons. The fraction of sp³-hybridized carbons (Fsp3) is 0.294. The van der Waals surface area contributed by atoms with Crippen molar-refractivity contribution >= 4 is 5.91 Å². The van der Waals surface area contributed by atoms with E-state index in [-0.39, 0.29) is 17.2 Å². The summed E-state index contributed by atoms with van der Waals surface area (Å²) in [4.78, 5) is 25.8. The maximum atomic E-state index is 12.2. The van der Waals surface area contributed by atoms with E-state index in [1.54, 1.807) is 18.3 Å². The van der Waals surface area contributed by atoms with Crippen molar-refractivity contribution < 1.29 is 9.90 Å². The van der Waals surface area contributed by atoms with E-state index in [0.717, 1.165) is 42.4 Å². The second-order valence-electron chi connectivity index (χ2n) is 5.55. The lowest BCUT2D eigenvalue weighted by molar-refractivity contribution is 0.0948. The molecule has 0 atom stereocenters. The number of aryl methyl sites for hydroxylation is 1. The Morgan fingerprint density at radius 3 is 2.77 bits per heavy atom. The van der Waals surface area contributed by atoms with Crippen LogP contribution in [0.25, 0.3) is 0 Å². The van der Waals surface area contributed by atoms with Gasteiger partial charge in [-0.15, -0.1) is 0 Å². The number of pyridine rings is 1. The Bertz CT molecular complexity index is 744. The molecule has 0 saturated carbocycles. The number of carbonyl (C=O) groups excluding carboxylic acids is 1. The van der Waals surface area contributed by atoms with Crippen molar-refractivity contribution in [3.63, 3.8) is 0 Å². The van der Waals surface area contributed by atoms with Crippen LogP contribution in [0.3, 0.4) is 0 Å². The molecule has 1 aromatic heterocycles. The molecule has 22 heavy (non-hydrogen) atoms. The first-order valence-corrected chi connectivity index (χ1v) is 7.44. The van der Waals surface area contributed by atoms with Crippen LogP contribution in [0.15, 0.2) is 35.3 Å². The number of phenolic OH excluding ortho intramolecular Hbond substituents is 1. The minimum Gasteiger partial charge on any atom is -0.507 e. The fourth-order valence-corrected chi connectivity index (χ4v) is 2.82. The van der Waals surface area contributed by atoms with Gasteiger partial charge in [-0.1, -0.05) is 12.1 Å². The molecular formula is C17H18N2O3. The molecule has 0 radical (unpaired) electrons. The normalized spacial score (nSPS) is 13.5. The number of nitrogens with one attached hydrogen (secondary N) is 2. The molecule has 1 amide bonds. The highest BCUT2D eigenvalue weighted by Gasteiger charge is 2.19. The number of aromatic nitrogens is 1. The molecule has 1 aliphatic carbocycles. The predicted molar refractivity (Wildman–Crippen MR) is 83.0 cm³/mol. The molecule has 1 aliphatic rings. The molecule has 5 heteroatoms. The van der Waals surface area contributed by atoms with Gasteiger partial charge >= 0.3 is 0 Å². The topological polar surface area (TPSA) is 82.2 Å². The molecule has 3 N–H and O–H groups in total. The first kappa shape index (κ1) is 14.4. The minimum atomic E-state index is -0.308. The number of amides is 1. The smallest absolute Gasteiger partial charge is 0.255 e. The van der Waals surface area contributed by atoms with Crippen LogP contribution in [-0.2, 0) is 19.4 Å². The third-order valence-corrected chi connectivity index (χ3v) is 4.05. The summed E-state index contributed by atoms with van der Waals surface area (Å²) in [6.07, 6.45) is 5.52. The molecule has 3 rings (SSSR count). The fourth-order valence-electron chi connectivity index (χ4n) is 2.82. The summed E-state index contributed by atoms with van der Waals surface area (Å²) in [5.74, 6) is -0.201. The molecule has 0 bridgehead atoms. The number of hydrogen-bond acceptors (Lipinski definition) is 3. The third kappa shape index (κ3) is 2.88. The number of H-pyrrole nitrogens is 1. The number of carbonyl (C=O) groups is 1. The highest BCUT2D eigenvalue weighted by atomic mass is 16.3. The zero-order valence-electron chi connectivity index (χ0n) is 12.2. The van der Waals surface area contributed by atoms with Gasteiger partial charge in [-0.2, -0.15) is 0 Å². The van der Waals surface area contributed by atoms with Crippen LogP contribution in [0.4, 0.5) is 0 Å². The van der Waals surface area contributed by atoms with Crippen molar-refractivity contribution in [2.24, 2.45) is 0 Å². The Morgan fingerprint density at radius 1 is 1.18 bits per heavy atom. The van der Waals surface area contributed by atoms with E-state index in [1.807, 2.05) is 6.07 Å². The number of fused-ring (bicyclic) bond motifs is 1. The zero-order chi connectivity index (χ0) is 15.5. The van der Waals surface area contributed by atoms with Crippen LogP contribution in [0.5, 0.6) is 5.75 Å². The number of rotatable bonds is 3. The largest absolute Gasteiger partial charge is 0.507 e. The van der Waals surface area contributed by atoms with Gasteiger partial charge in [-0.25, -0.2) is 0 Å². The van der Waals surface area contributed by atoms with Crippen LogP contribution >= 0.6 is 0 Å². The Hall–Kier alpha value is -2.56. The van der Waals surface area contributed by atoms with Crippen molar-refractivity contribution in [2.45, 2.75) is 32.2 Å². The Balaban J connectivity index is 1.75. The van der Waals surface area contributed by atoms with E-state index in [4.69, 9.17) is 0 Å². The summed E-state index contributed by atoms with van der Waals surface area (Å²) in [6.45, 7) is 0.298. The molecule has 2 aromatic rings. The predicted octanol–water partition coefficient (Wildman–Crippen LogP) is 1.89. The van der Waals surface area contributed by atoms with Crippen LogP contribution in [0.2, 0.25) is 0 Å². The first-order chi connectivity index (χ1) is 10.6. The highest BCUT2D eigenvalue weighted by Crippen LogP contribution is 2.31. The maximum Gasteiger partial charge on any atom is 0.255 e. The summed E-state index contributed by atoms with van der Waals surface area (Å²) < 4.78 is 0. The standard InChI is InChI=1S/C17H18N2O3/c20-15-8-5-11(9-18-15)10-19-17(22)14-7-6-12-3-1-2-4-13(12)16(14)21/h5-9,21H,1-4,10H2,(H,18,20)(H,19,22). The van der Waals surface area contributed by atoms with Gasteiger partial charge in [0.2, 0.25) is 5.56 Å². The molecule has 0 spiro atoms. The van der Waals surface area contributed by atoms with Gasteiger partial charge < -0.3 is 15.4 Å². The van der Waals surface area contributed by atoms with E-state index >= 15 is 0 Å². The van der Waals surface area contributed by atoms with Gasteiger partial charge in [0.25, 0.3) is 5.91 Å². The van der Waals surface area contributed by atoms with Crippen molar-refractivity contribution in [3.8, 4) is 5.75 Å². The molecule has 0 saturated heterocycles. The third-order valence-electron chi connectivity index (χ3n) is 4.05. The minimum absolute atomic E-state index is 0.108. The molecule has 0 fully saturated rings. The van der Waals surface area contributed by atoms with Crippen molar-refractivity contribution in [1.82, 2.24) is 10.3 Å². The number of benzene rings is 1. The van der Waals surface area contributed by atoms with E-state index in [2.05, 4.69) is 10.3 Å². The summed E-state index contributed by atoms with van der Waals surface area (Å²) in [6, 6.07) is 6.69. The van der Waals surface area contributed by atoms with Gasteiger partial charge in [-0.05, 0) is 48.4 Å². The quantitative estimate of drug-likeness (QED) is 0.809. The van der Waals surface area contributed by atoms with Crippen LogP contribution in [0, 0.1) is 0 Å². The molecule has 1 aromatic carbocycles. The molecule has 1 heterocycles. The summed E-state index contributed by atoms with van der Waals surface area (Å²) in [5.41, 5.74) is 2.97. The lowest BCUT2D eigenvalue weighted by atomic mass is 9.89. The zero-order valence-corrected chi connectivity index (χ0v) is 12.2. The molecule has 5 nitrogen and oxygen atoms in total. The van der Waals surface area contributed by atoms with Gasteiger partial charge in [0.1, 0.15) is 5.75 Å². The van der Waals surface area contributed by atoms with Gasteiger partial charge in [0.15, 0.2) is 0 Å². The van der Waals surface area contributed by atoms with E-state index in [1.165, 1.54) is 6.07 Å². The van der Waals surface area contributed by atoms with Crippen molar-refractivity contribution in [1.29, 1.82) is 0 Å². The Morgan fingerprint density at radius 2 is 2.00 bits per heavy atom. The maximum absolute atomic E-state index is 12.2. The lowest BCUT2D eigenvalue weighted by Gasteiger charge is -2.18. The SMILES string of the molecule is O=C(NCc1ccc(=O)[nH]c1)c1ccc2c(c1O)CCCC2. The number of aromatic amines is 1. The van der Waals surface area contributed by atoms with Crippen molar-refractivity contribution in [2.75, 3.05) is 0 Å². The van der Waals surface area contributed by atoms with Gasteiger partial charge in [0.05, 0.1) is 5.56 Å². The number of phenols is 1. The summed E-state index contributed by atoms with van der Waals surface area (Å²) in [5, 5.41) is 13.1. The van der Waals surface area contributed by atoms with Crippen molar-refractivity contribution in [3.05, 3.63) is 63.1 Å². The molecular weight excluding hydrogens is 280 g/mol. The second-order valence-corrected chi connectivity index (χ2v) is 5.55. The van der Waals surface area contributed by atoms with E-state index < -0.39 is 0 Å². The summed E-state index contributed by atoms with van der Waals surface area (Å²) >= 11 is 0. The molecule has 0 aliphatic heterocycles. The number of hydrogen-bond donors (Lipinski definition) is 3. The average molecular weight is 298 g/mol. The van der Waals surface area contributed by atoms with Crippen LogP contribution in [0.1, 0.15) is 39.9 Å². The van der Waals surface area contributed by atoms with E-state index in [0.29, 0.717) is 12.1 Å². The Kier molecular flexibility index (Phi) is 3.96. The number of aromatic hydroxyl groups is 1. The average Bonchev–Trinajstić information content (AvgIpc) is 2.55. The highest BCUT2D eigenvalue weighted by molar-refractivity contribution is 5.97. The van der Waals surface area contributed by atoms with Gasteiger partial charge in [0, 0.05) is 18.8 Å². The van der Waals surface area contributed by atoms with Crippen LogP contribution in [-0.4, -0.2) is 16.0 Å². The molecule has 0 unspecified atom stereocenters. The van der Waals surface area contributed by atoms with Gasteiger partial charge in [-0.3, -0.25) is 9.59 Å².